The van der Waals surface area contributed by atoms with Gasteiger partial charge in [-0.2, -0.15) is 0 Å². The van der Waals surface area contributed by atoms with Gasteiger partial charge in [0.25, 0.3) is 5.82 Å². The Morgan fingerprint density at radius 2 is 2.26 bits per heavy atom. The number of carbonyl (C=O) groups is 1. The third-order valence-electron chi connectivity index (χ3n) is 3.09. The minimum atomic E-state index is -1.80. The molecule has 0 unspecified atom stereocenters. The Bertz CT molecular complexity index is 518. The Morgan fingerprint density at radius 3 is 2.83 bits per heavy atom. The molecule has 0 saturated carbocycles. The molecule has 3 N–H and O–H groups in total. The van der Waals surface area contributed by atoms with Gasteiger partial charge in [0.05, 0.1) is 11.1 Å². The number of hydrogen-bond donors (Lipinski definition) is 2. The van der Waals surface area contributed by atoms with Crippen molar-refractivity contribution in [1.29, 1.82) is 0 Å². The highest BCUT2D eigenvalue weighted by Gasteiger charge is 2.38. The van der Waals surface area contributed by atoms with Crippen LogP contribution in [0.25, 0.3) is 0 Å². The van der Waals surface area contributed by atoms with Crippen LogP contribution in [-0.4, -0.2) is 35.4 Å². The Balaban J connectivity index is 1.89. The summed E-state index contributed by atoms with van der Waals surface area (Å²) in [7, 11) is 0. The van der Waals surface area contributed by atoms with Crippen molar-refractivity contribution in [2.75, 3.05) is 18.5 Å². The van der Waals surface area contributed by atoms with E-state index in [0.717, 1.165) is 12.8 Å². The van der Waals surface area contributed by atoms with E-state index in [0.29, 0.717) is 17.4 Å². The minimum absolute atomic E-state index is 0.0791. The van der Waals surface area contributed by atoms with Crippen molar-refractivity contribution < 1.29 is 19.3 Å². The largest absolute Gasteiger partial charge is 0.447 e. The van der Waals surface area contributed by atoms with Crippen LogP contribution >= 0.6 is 46.4 Å². The number of anilines is 1. The van der Waals surface area contributed by atoms with E-state index in [1.807, 2.05) is 0 Å². The predicted molar refractivity (Wildman–Crippen MR) is 89.2 cm³/mol. The van der Waals surface area contributed by atoms with E-state index in [-0.39, 0.29) is 12.7 Å². The number of hydrogen-bond acceptors (Lipinski definition) is 4. The summed E-state index contributed by atoms with van der Waals surface area (Å²) in [5, 5.41) is 5.84. The Hall–Kier alpha value is -0.660. The van der Waals surface area contributed by atoms with Gasteiger partial charge in [-0.1, -0.05) is 46.4 Å². The van der Waals surface area contributed by atoms with Crippen LogP contribution in [0, 0.1) is 0 Å². The Labute approximate surface area is 153 Å². The second-order valence-electron chi connectivity index (χ2n) is 4.92. The van der Waals surface area contributed by atoms with Crippen LogP contribution < -0.4 is 15.6 Å². The number of amides is 1. The topological polar surface area (TPSA) is 73.7 Å². The van der Waals surface area contributed by atoms with Gasteiger partial charge >= 0.3 is 6.09 Å². The van der Waals surface area contributed by atoms with Gasteiger partial charge < -0.3 is 9.47 Å². The molecular formula is C13H16Cl4N3O3+. The van der Waals surface area contributed by atoms with Crippen LogP contribution in [-0.2, 0) is 9.47 Å². The van der Waals surface area contributed by atoms with E-state index >= 15 is 0 Å². The number of pyridine rings is 1. The normalized spacial score (nSPS) is 19.2. The lowest BCUT2D eigenvalue weighted by atomic mass is 10.2. The maximum atomic E-state index is 11.9. The number of alkyl halides is 3. The third-order valence-corrected chi connectivity index (χ3v) is 3.98. The molecule has 0 aromatic carbocycles. The molecule has 1 aromatic rings. The zero-order valence-electron chi connectivity index (χ0n) is 12.0. The monoisotopic (exact) mass is 402 g/mol. The number of carbonyl (C=O) groups excluding carboxylic acids is 1. The molecule has 1 amide bonds. The summed E-state index contributed by atoms with van der Waals surface area (Å²) in [4.78, 5) is 14.7. The molecule has 0 radical (unpaired) electrons. The van der Waals surface area contributed by atoms with Crippen molar-refractivity contribution >= 4 is 58.3 Å². The van der Waals surface area contributed by atoms with Crippen molar-refractivity contribution in [2.24, 2.45) is 0 Å². The van der Waals surface area contributed by atoms with Crippen LogP contribution in [0.4, 0.5) is 10.6 Å². The van der Waals surface area contributed by atoms with E-state index in [2.05, 4.69) is 15.6 Å². The fraction of sp³-hybridized carbons (Fsp3) is 0.538. The molecular weight excluding hydrogens is 388 g/mol. The molecule has 1 aromatic heterocycles. The molecule has 2 heterocycles. The number of alkyl carbamates (subject to hydrolysis) is 1. The third kappa shape index (κ3) is 6.39. The lowest BCUT2D eigenvalue weighted by Gasteiger charge is -2.22. The molecule has 1 saturated heterocycles. The standard InChI is InChI=1S/C13H15Cl4N3O3/c14-8-3-4-10(18-6-8)19-11(13(15,16)17)20-12(21)23-7-9-2-1-5-22-9/h3-4,6,9,11H,1-2,5,7H2,(H,18,19)(H,20,21)/p+1/t9-,11+/m0/s1. The maximum absolute atomic E-state index is 11.9. The first-order chi connectivity index (χ1) is 10.8. The summed E-state index contributed by atoms with van der Waals surface area (Å²) in [5.41, 5.74) is 0. The van der Waals surface area contributed by atoms with E-state index < -0.39 is 16.1 Å². The number of ether oxygens (including phenoxy) is 2. The smallest absolute Gasteiger partial charge is 0.410 e. The summed E-state index contributed by atoms with van der Waals surface area (Å²) in [5.74, 6) is 0.505. The van der Waals surface area contributed by atoms with Gasteiger partial charge in [-0.25, -0.2) is 15.1 Å². The molecule has 1 aliphatic heterocycles. The number of nitrogens with one attached hydrogen (secondary N) is 3. The first kappa shape index (κ1) is 18.7. The van der Waals surface area contributed by atoms with Crippen LogP contribution in [0.5, 0.6) is 0 Å². The molecule has 0 spiro atoms. The molecule has 6 nitrogen and oxygen atoms in total. The molecule has 2 atom stereocenters. The average molecular weight is 404 g/mol. The first-order valence-electron chi connectivity index (χ1n) is 6.90. The van der Waals surface area contributed by atoms with Gasteiger partial charge in [0.1, 0.15) is 12.8 Å². The first-order valence-corrected chi connectivity index (χ1v) is 8.41. The van der Waals surface area contributed by atoms with Crippen molar-refractivity contribution in [3.63, 3.8) is 0 Å². The summed E-state index contributed by atoms with van der Waals surface area (Å²) in [6.45, 7) is 0.839. The summed E-state index contributed by atoms with van der Waals surface area (Å²) in [6, 6.07) is 3.29. The lowest BCUT2D eigenvalue weighted by Crippen LogP contribution is -2.50. The van der Waals surface area contributed by atoms with Crippen molar-refractivity contribution in [1.82, 2.24) is 5.32 Å². The number of aromatic amines is 1. The molecule has 128 valence electrons. The van der Waals surface area contributed by atoms with Crippen molar-refractivity contribution in [2.45, 2.75) is 28.9 Å². The van der Waals surface area contributed by atoms with E-state index in [1.165, 1.54) is 0 Å². The van der Waals surface area contributed by atoms with Gasteiger partial charge in [-0.3, -0.25) is 5.32 Å². The lowest BCUT2D eigenvalue weighted by molar-refractivity contribution is -0.361. The summed E-state index contributed by atoms with van der Waals surface area (Å²) in [6.07, 6.45) is 1.57. The van der Waals surface area contributed by atoms with Crippen molar-refractivity contribution in [3.8, 4) is 0 Å². The highest BCUT2D eigenvalue weighted by molar-refractivity contribution is 6.68. The molecule has 2 rings (SSSR count). The highest BCUT2D eigenvalue weighted by Crippen LogP contribution is 2.30. The Morgan fingerprint density at radius 1 is 1.48 bits per heavy atom. The van der Waals surface area contributed by atoms with Crippen LogP contribution in [0.15, 0.2) is 18.3 Å². The average Bonchev–Trinajstić information content (AvgIpc) is 2.99. The second-order valence-corrected chi connectivity index (χ2v) is 7.72. The summed E-state index contributed by atoms with van der Waals surface area (Å²) < 4.78 is 8.66. The van der Waals surface area contributed by atoms with Crippen LogP contribution in [0.1, 0.15) is 12.8 Å². The molecule has 0 bridgehead atoms. The molecule has 0 aliphatic carbocycles. The van der Waals surface area contributed by atoms with E-state index in [1.54, 1.807) is 18.3 Å². The molecule has 1 fully saturated rings. The van der Waals surface area contributed by atoms with Gasteiger partial charge in [0, 0.05) is 12.7 Å². The highest BCUT2D eigenvalue weighted by atomic mass is 35.6. The quantitative estimate of drug-likeness (QED) is 0.584. The zero-order chi connectivity index (χ0) is 16.9. The van der Waals surface area contributed by atoms with E-state index in [4.69, 9.17) is 55.9 Å². The van der Waals surface area contributed by atoms with E-state index in [9.17, 15) is 4.79 Å². The van der Waals surface area contributed by atoms with Gasteiger partial charge in [-0.15, -0.1) is 0 Å². The fourth-order valence-corrected chi connectivity index (χ4v) is 2.40. The Kier molecular flexibility index (Phi) is 6.85. The number of aromatic nitrogens is 1. The minimum Gasteiger partial charge on any atom is -0.447 e. The molecule has 23 heavy (non-hydrogen) atoms. The summed E-state index contributed by atoms with van der Waals surface area (Å²) >= 11 is 23.4. The maximum Gasteiger partial charge on any atom is 0.410 e. The fourth-order valence-electron chi connectivity index (χ4n) is 1.95. The predicted octanol–water partition coefficient (Wildman–Crippen LogP) is 3.17. The zero-order valence-corrected chi connectivity index (χ0v) is 15.0. The van der Waals surface area contributed by atoms with Crippen LogP contribution in [0.2, 0.25) is 5.02 Å². The molecule has 10 heteroatoms. The second kappa shape index (κ2) is 8.44. The van der Waals surface area contributed by atoms with Crippen LogP contribution in [0.3, 0.4) is 0 Å². The number of rotatable bonds is 5. The van der Waals surface area contributed by atoms with Gasteiger partial charge in [-0.05, 0) is 18.9 Å². The number of H-pyrrole nitrogens is 1. The van der Waals surface area contributed by atoms with Crippen molar-refractivity contribution in [3.05, 3.63) is 23.4 Å². The van der Waals surface area contributed by atoms with Gasteiger partial charge in [0.15, 0.2) is 0 Å². The van der Waals surface area contributed by atoms with Gasteiger partial charge in [0.2, 0.25) is 9.96 Å². The number of halogens is 4. The molecule has 1 aliphatic rings. The SMILES string of the molecule is O=C(N[C@@H](Nc1ccc(Cl)c[nH+]1)C(Cl)(Cl)Cl)OC[C@@H]1CCCO1.